The molecule has 0 heterocycles. The lowest BCUT2D eigenvalue weighted by atomic mass is 9.94. The number of hydrogen-bond donors (Lipinski definition) is 1. The van der Waals surface area contributed by atoms with Crippen LogP contribution in [0.5, 0.6) is 0 Å². The molecule has 0 aromatic heterocycles. The van der Waals surface area contributed by atoms with Gasteiger partial charge in [0, 0.05) is 21.7 Å². The lowest BCUT2D eigenvalue weighted by Crippen LogP contribution is -2.33. The molecule has 0 radical (unpaired) electrons. The average Bonchev–Trinajstić information content (AvgIpc) is 2.80. The molecule has 0 saturated carbocycles. The summed E-state index contributed by atoms with van der Waals surface area (Å²) in [5.74, 6) is 5.55. The van der Waals surface area contributed by atoms with Crippen molar-refractivity contribution in [3.8, 4) is 11.8 Å². The van der Waals surface area contributed by atoms with Crippen LogP contribution >= 0.6 is 11.6 Å². The summed E-state index contributed by atoms with van der Waals surface area (Å²) >= 11 is 6.56. The number of carbonyl (C=O) groups is 1. The molecule has 176 valence electrons. The zero-order chi connectivity index (χ0) is 24.6. The topological polar surface area (TPSA) is 63.2 Å². The minimum atomic E-state index is -3.69. The fourth-order valence-electron chi connectivity index (χ4n) is 3.56. The first-order chi connectivity index (χ1) is 16.3. The maximum Gasteiger partial charge on any atom is 0.265 e. The highest BCUT2D eigenvalue weighted by molar-refractivity contribution is 7.90. The second-order valence-corrected chi connectivity index (χ2v) is 10.4. The molecule has 0 spiro atoms. The number of halogens is 1. The number of nitrogens with one attached hydrogen (secondary N) is 1. The molecule has 0 bridgehead atoms. The molecule has 0 aliphatic rings. The minimum Gasteiger partial charge on any atom is -0.268 e. The van der Waals surface area contributed by atoms with E-state index < -0.39 is 15.9 Å². The zero-order valence-electron chi connectivity index (χ0n) is 19.4. The number of rotatable bonds is 8. The standard InChI is InChI=1S/C28H28ClNO3S/c1-3-4-8-18-34(32,33)30-28(31)25-13-9-10-21(2)26(25)20-24-17-16-23(19-27(24)29)15-14-22-11-6-5-7-12-22/h5-7,9-13,16-17,19H,3-4,8,18,20H2,1-2H3,(H,30,31). The van der Waals surface area contributed by atoms with E-state index in [0.29, 0.717) is 23.4 Å². The van der Waals surface area contributed by atoms with Crippen LogP contribution in [0.1, 0.15) is 64.4 Å². The lowest BCUT2D eigenvalue weighted by molar-refractivity contribution is 0.0980. The Morgan fingerprint density at radius 1 is 0.941 bits per heavy atom. The first-order valence-electron chi connectivity index (χ1n) is 11.3. The Hall–Kier alpha value is -3.07. The van der Waals surface area contributed by atoms with Gasteiger partial charge in [0.05, 0.1) is 5.75 Å². The van der Waals surface area contributed by atoms with E-state index in [1.165, 1.54) is 0 Å². The molecule has 4 nitrogen and oxygen atoms in total. The van der Waals surface area contributed by atoms with Crippen molar-refractivity contribution in [3.05, 3.63) is 105 Å². The van der Waals surface area contributed by atoms with Gasteiger partial charge < -0.3 is 0 Å². The van der Waals surface area contributed by atoms with E-state index in [1.807, 2.05) is 68.4 Å². The summed E-state index contributed by atoms with van der Waals surface area (Å²) in [5.41, 5.74) is 4.51. The van der Waals surface area contributed by atoms with Gasteiger partial charge in [0.25, 0.3) is 5.91 Å². The number of benzene rings is 3. The van der Waals surface area contributed by atoms with Crippen LogP contribution in [0.2, 0.25) is 5.02 Å². The van der Waals surface area contributed by atoms with Crippen LogP contribution in [0.3, 0.4) is 0 Å². The van der Waals surface area contributed by atoms with Crippen molar-refractivity contribution in [2.24, 2.45) is 0 Å². The molecular formula is C28H28ClNO3S. The van der Waals surface area contributed by atoms with Crippen molar-refractivity contribution in [3.63, 3.8) is 0 Å². The Labute approximate surface area is 207 Å². The van der Waals surface area contributed by atoms with Gasteiger partial charge in [-0.1, -0.05) is 79.6 Å². The van der Waals surface area contributed by atoms with E-state index in [1.54, 1.807) is 12.1 Å². The second kappa shape index (κ2) is 11.9. The summed E-state index contributed by atoms with van der Waals surface area (Å²) < 4.78 is 26.9. The Morgan fingerprint density at radius 2 is 1.68 bits per heavy atom. The number of carbonyl (C=O) groups excluding carboxylic acids is 1. The van der Waals surface area contributed by atoms with Crippen molar-refractivity contribution >= 4 is 27.5 Å². The molecule has 0 fully saturated rings. The third kappa shape index (κ3) is 7.21. The van der Waals surface area contributed by atoms with Gasteiger partial charge in [-0.05, 0) is 66.8 Å². The molecule has 1 N–H and O–H groups in total. The molecule has 3 aromatic rings. The summed E-state index contributed by atoms with van der Waals surface area (Å²) in [6.45, 7) is 3.90. The zero-order valence-corrected chi connectivity index (χ0v) is 21.0. The highest BCUT2D eigenvalue weighted by atomic mass is 35.5. The van der Waals surface area contributed by atoms with Crippen LogP contribution in [-0.4, -0.2) is 20.1 Å². The molecule has 1 amide bonds. The fourth-order valence-corrected chi connectivity index (χ4v) is 4.89. The molecule has 0 aliphatic carbocycles. The highest BCUT2D eigenvalue weighted by Gasteiger charge is 2.20. The van der Waals surface area contributed by atoms with Crippen molar-refractivity contribution in [2.45, 2.75) is 39.5 Å². The smallest absolute Gasteiger partial charge is 0.265 e. The fraction of sp³-hybridized carbons (Fsp3) is 0.250. The van der Waals surface area contributed by atoms with Crippen LogP contribution < -0.4 is 4.72 Å². The number of aryl methyl sites for hydroxylation is 1. The monoisotopic (exact) mass is 493 g/mol. The molecule has 0 saturated heterocycles. The number of hydrogen-bond acceptors (Lipinski definition) is 3. The van der Waals surface area contributed by atoms with Crippen LogP contribution in [-0.2, 0) is 16.4 Å². The van der Waals surface area contributed by atoms with E-state index in [-0.39, 0.29) is 5.75 Å². The van der Waals surface area contributed by atoms with E-state index in [2.05, 4.69) is 16.6 Å². The van der Waals surface area contributed by atoms with Gasteiger partial charge >= 0.3 is 0 Å². The van der Waals surface area contributed by atoms with Gasteiger partial charge in [-0.15, -0.1) is 0 Å². The minimum absolute atomic E-state index is 0.0644. The van der Waals surface area contributed by atoms with Gasteiger partial charge in [0.2, 0.25) is 10.0 Å². The largest absolute Gasteiger partial charge is 0.268 e. The Kier molecular flexibility index (Phi) is 8.92. The number of amides is 1. The van der Waals surface area contributed by atoms with E-state index in [9.17, 15) is 13.2 Å². The molecule has 3 rings (SSSR count). The normalized spacial score (nSPS) is 10.9. The Bertz CT molecular complexity index is 1320. The molecule has 0 atom stereocenters. The Balaban J connectivity index is 1.81. The quantitative estimate of drug-likeness (QED) is 0.314. The third-order valence-electron chi connectivity index (χ3n) is 5.46. The van der Waals surface area contributed by atoms with Crippen molar-refractivity contribution in [1.82, 2.24) is 4.72 Å². The van der Waals surface area contributed by atoms with Crippen LogP contribution in [0.25, 0.3) is 0 Å². The second-order valence-electron chi connectivity index (χ2n) is 8.16. The summed E-state index contributed by atoms with van der Waals surface area (Å²) in [6.07, 6.45) is 2.63. The van der Waals surface area contributed by atoms with Crippen LogP contribution in [0, 0.1) is 18.8 Å². The summed E-state index contributed by atoms with van der Waals surface area (Å²) in [4.78, 5) is 12.9. The van der Waals surface area contributed by atoms with Gasteiger partial charge in [0.15, 0.2) is 0 Å². The third-order valence-corrected chi connectivity index (χ3v) is 7.14. The van der Waals surface area contributed by atoms with Gasteiger partial charge in [0.1, 0.15) is 0 Å². The average molecular weight is 494 g/mol. The van der Waals surface area contributed by atoms with Gasteiger partial charge in [-0.25, -0.2) is 13.1 Å². The molecule has 0 aliphatic heterocycles. The number of unbranched alkanes of at least 4 members (excludes halogenated alkanes) is 2. The van der Waals surface area contributed by atoms with E-state index in [4.69, 9.17) is 11.6 Å². The van der Waals surface area contributed by atoms with Crippen LogP contribution in [0.4, 0.5) is 0 Å². The molecule has 3 aromatic carbocycles. The molecule has 0 unspecified atom stereocenters. The molecule has 34 heavy (non-hydrogen) atoms. The molecule has 6 heteroatoms. The van der Waals surface area contributed by atoms with Crippen LogP contribution in [0.15, 0.2) is 66.7 Å². The first-order valence-corrected chi connectivity index (χ1v) is 13.3. The first kappa shape index (κ1) is 25.6. The van der Waals surface area contributed by atoms with Gasteiger partial charge in [-0.2, -0.15) is 0 Å². The summed E-state index contributed by atoms with van der Waals surface area (Å²) in [7, 11) is -3.69. The summed E-state index contributed by atoms with van der Waals surface area (Å²) in [6, 6.07) is 20.6. The maximum absolute atomic E-state index is 12.9. The maximum atomic E-state index is 12.9. The SMILES string of the molecule is CCCCCS(=O)(=O)NC(=O)c1cccc(C)c1Cc1ccc(C#Cc2ccccc2)cc1Cl. The predicted molar refractivity (Wildman–Crippen MR) is 139 cm³/mol. The van der Waals surface area contributed by atoms with E-state index >= 15 is 0 Å². The van der Waals surface area contributed by atoms with Crippen molar-refractivity contribution in [1.29, 1.82) is 0 Å². The van der Waals surface area contributed by atoms with Crippen molar-refractivity contribution in [2.75, 3.05) is 5.75 Å². The van der Waals surface area contributed by atoms with Gasteiger partial charge in [-0.3, -0.25) is 4.79 Å². The number of sulfonamides is 1. The summed E-state index contributed by atoms with van der Waals surface area (Å²) in [5, 5.41) is 0.543. The van der Waals surface area contributed by atoms with E-state index in [0.717, 1.165) is 40.7 Å². The predicted octanol–water partition coefficient (Wildman–Crippen LogP) is 5.89. The highest BCUT2D eigenvalue weighted by Crippen LogP contribution is 2.25. The lowest BCUT2D eigenvalue weighted by Gasteiger charge is -2.14. The molecular weight excluding hydrogens is 466 g/mol. The van der Waals surface area contributed by atoms with Crippen molar-refractivity contribution < 1.29 is 13.2 Å². The Morgan fingerprint density at radius 3 is 2.38 bits per heavy atom.